The Hall–Kier alpha value is -4.30. The maximum Gasteiger partial charge on any atom is 0.409 e. The molecule has 2 fully saturated rings. The van der Waals surface area contributed by atoms with Crippen LogP contribution in [0.25, 0.3) is 0 Å². The largest absolute Gasteiger partial charge is 0.495 e. The van der Waals surface area contributed by atoms with Crippen LogP contribution in [0.5, 0.6) is 5.75 Å². The molecule has 3 amide bonds. The summed E-state index contributed by atoms with van der Waals surface area (Å²) in [6, 6.07) is 9.28. The number of amides is 3. The predicted octanol–water partition coefficient (Wildman–Crippen LogP) is 5.55. The summed E-state index contributed by atoms with van der Waals surface area (Å²) in [4.78, 5) is 50.2. The van der Waals surface area contributed by atoms with Gasteiger partial charge in [0.25, 0.3) is 5.91 Å². The Morgan fingerprint density at radius 1 is 1.17 bits per heavy atom. The lowest BCUT2D eigenvalue weighted by Gasteiger charge is -2.36. The number of allylic oxidation sites excluding steroid dienone is 3. The molecule has 4 bridgehead atoms. The van der Waals surface area contributed by atoms with E-state index in [0.717, 1.165) is 11.1 Å². The number of carboxylic acids is 1. The number of nitrogens with zero attached hydrogens (tertiary/aromatic N) is 2. The third-order valence-corrected chi connectivity index (χ3v) is 9.29. The number of aliphatic carboxylic acids is 1. The second-order valence-corrected chi connectivity index (χ2v) is 13.2. The van der Waals surface area contributed by atoms with Crippen molar-refractivity contribution in [3.8, 4) is 5.75 Å². The van der Waals surface area contributed by atoms with E-state index in [9.17, 15) is 24.3 Å². The zero-order valence-corrected chi connectivity index (χ0v) is 31.7. The number of hydrogen-bond acceptors (Lipinski definition) is 9. The molecule has 0 aliphatic carbocycles. The zero-order valence-electron chi connectivity index (χ0n) is 30.2. The van der Waals surface area contributed by atoms with Gasteiger partial charge in [-0.05, 0) is 68.7 Å². The lowest BCUT2D eigenvalue weighted by molar-refractivity contribution is -0.141. The van der Waals surface area contributed by atoms with Crippen LogP contribution in [0.15, 0.2) is 60.2 Å². The molecule has 5 N–H and O–H groups in total. The maximum absolute atomic E-state index is 12.9. The first-order valence-corrected chi connectivity index (χ1v) is 17.8. The molecular formula is C37H48Cl2N4O9. The first-order chi connectivity index (χ1) is 24.6. The van der Waals surface area contributed by atoms with Gasteiger partial charge in [0.2, 0.25) is 5.91 Å². The van der Waals surface area contributed by atoms with Crippen molar-refractivity contribution in [1.82, 2.24) is 10.2 Å². The minimum atomic E-state index is -1.37. The Kier molecular flexibility index (Phi) is 15.4. The number of hydrogen-bond donors (Lipinski definition) is 4. The maximum atomic E-state index is 12.9. The number of halogens is 2. The normalized spacial score (nSPS) is 25.1. The van der Waals surface area contributed by atoms with E-state index >= 15 is 0 Å². The molecule has 0 aromatic heterocycles. The molecule has 5 atom stereocenters. The minimum absolute atomic E-state index is 0.0777. The summed E-state index contributed by atoms with van der Waals surface area (Å²) >= 11 is 11.2. The molecule has 5 rings (SSSR count). The van der Waals surface area contributed by atoms with Crippen molar-refractivity contribution >= 4 is 58.5 Å². The molecule has 2 unspecified atom stereocenters. The average Bonchev–Trinajstić information content (AvgIpc) is 3.86. The number of alkyl halides is 1. The standard InChI is InChI=1S/C25H31ClN2O6.C11H14N2O3.CH3Cl/c1-15-6-4-5-9-25(31)14-17(33-24(30)27-25)13-20-19(34-20)7-8-22(29)28(2)18-11-16(10-15)12-21(32-3)23(18)26;1-7(11(15)16)13(2)10(14)8-3-5-9(12)6-4-8;1-2/h4-6,11-12,17,19-20,31H,7-10,13-14H2,1-3H3,(H,27,30);3-7H,12H2,1-2H3,(H,15,16);1H3/b5-4+,15-6+;;/t17?,19?,20-,25+;7-;/m00./s1. The highest BCUT2D eigenvalue weighted by Gasteiger charge is 2.45. The van der Waals surface area contributed by atoms with Gasteiger partial charge >= 0.3 is 12.1 Å². The fourth-order valence-corrected chi connectivity index (χ4v) is 6.07. The van der Waals surface area contributed by atoms with Gasteiger partial charge in [-0.1, -0.05) is 35.4 Å². The molecule has 2 aromatic rings. The summed E-state index contributed by atoms with van der Waals surface area (Å²) in [5, 5.41) is 22.6. The first-order valence-electron chi connectivity index (χ1n) is 16.7. The third-order valence-electron chi connectivity index (χ3n) is 8.91. The fraction of sp³-hybridized carbons (Fsp3) is 0.459. The number of nitrogens with one attached hydrogen (secondary N) is 1. The molecule has 2 saturated heterocycles. The van der Waals surface area contributed by atoms with Crippen molar-refractivity contribution < 1.29 is 43.6 Å². The van der Waals surface area contributed by atoms with Gasteiger partial charge in [-0.25, -0.2) is 9.59 Å². The summed E-state index contributed by atoms with van der Waals surface area (Å²) in [5.41, 5.74) is 7.73. The van der Waals surface area contributed by atoms with Crippen LogP contribution >= 0.6 is 23.2 Å². The number of ether oxygens (including phenoxy) is 3. The summed E-state index contributed by atoms with van der Waals surface area (Å²) in [5.74, 6) is -0.939. The van der Waals surface area contributed by atoms with Gasteiger partial charge in [-0.2, -0.15) is 0 Å². The van der Waals surface area contributed by atoms with Gasteiger partial charge < -0.3 is 40.0 Å². The smallest absolute Gasteiger partial charge is 0.409 e. The number of nitrogens with two attached hydrogens (primary N) is 1. The number of aliphatic hydroxyl groups is 1. The molecular weight excluding hydrogens is 715 g/mol. The number of rotatable bonds is 4. The van der Waals surface area contributed by atoms with Crippen molar-refractivity contribution in [1.29, 1.82) is 0 Å². The Bertz CT molecular complexity index is 1650. The fourth-order valence-electron chi connectivity index (χ4n) is 5.75. The van der Waals surface area contributed by atoms with Crippen LogP contribution in [-0.4, -0.2) is 96.7 Å². The number of benzene rings is 2. The number of fused-ring (bicyclic) bond motifs is 5. The van der Waals surface area contributed by atoms with E-state index in [-0.39, 0.29) is 36.9 Å². The second kappa shape index (κ2) is 19.0. The van der Waals surface area contributed by atoms with E-state index in [2.05, 4.69) is 16.9 Å². The second-order valence-electron chi connectivity index (χ2n) is 12.8. The quantitative estimate of drug-likeness (QED) is 0.175. The monoisotopic (exact) mass is 762 g/mol. The van der Waals surface area contributed by atoms with Gasteiger partial charge in [0.15, 0.2) is 0 Å². The Morgan fingerprint density at radius 3 is 2.48 bits per heavy atom. The van der Waals surface area contributed by atoms with Crippen LogP contribution < -0.4 is 20.7 Å². The van der Waals surface area contributed by atoms with Gasteiger partial charge in [0.05, 0.1) is 25.0 Å². The summed E-state index contributed by atoms with van der Waals surface area (Å²) < 4.78 is 16.5. The molecule has 3 heterocycles. The first kappa shape index (κ1) is 42.1. The van der Waals surface area contributed by atoms with Crippen LogP contribution in [0, 0.1) is 0 Å². The van der Waals surface area contributed by atoms with Crippen molar-refractivity contribution in [3.05, 3.63) is 76.3 Å². The summed E-state index contributed by atoms with van der Waals surface area (Å²) in [6.07, 6.45) is 8.33. The minimum Gasteiger partial charge on any atom is -0.495 e. The molecule has 3 aliphatic heterocycles. The summed E-state index contributed by atoms with van der Waals surface area (Å²) in [7, 11) is 4.72. The number of methoxy groups -OCH3 is 1. The number of carbonyl (C=O) groups excluding carboxylic acids is 3. The predicted molar refractivity (Wildman–Crippen MR) is 200 cm³/mol. The van der Waals surface area contributed by atoms with Crippen LogP contribution in [0.4, 0.5) is 16.2 Å². The van der Waals surface area contributed by atoms with E-state index < -0.39 is 29.9 Å². The number of anilines is 2. The van der Waals surface area contributed by atoms with Gasteiger partial charge in [-0.3, -0.25) is 14.9 Å². The number of alkyl carbamates (subject to hydrolysis) is 1. The Morgan fingerprint density at radius 2 is 1.85 bits per heavy atom. The third kappa shape index (κ3) is 11.6. The lowest BCUT2D eigenvalue weighted by Crippen LogP contribution is -2.56. The number of carboxylic acid groups (broad SMARTS) is 1. The lowest BCUT2D eigenvalue weighted by atomic mass is 9.96. The molecule has 0 saturated carbocycles. The number of epoxide rings is 1. The molecule has 15 heteroatoms. The van der Waals surface area contributed by atoms with Gasteiger partial charge in [0, 0.05) is 57.4 Å². The molecule has 52 heavy (non-hydrogen) atoms. The van der Waals surface area contributed by atoms with Gasteiger partial charge in [0.1, 0.15) is 28.6 Å². The van der Waals surface area contributed by atoms with E-state index in [1.54, 1.807) is 43.3 Å². The number of likely N-dealkylation sites (N-methyl/N-ethyl adjacent to an activating group) is 1. The van der Waals surface area contributed by atoms with E-state index in [0.29, 0.717) is 53.4 Å². The highest BCUT2D eigenvalue weighted by molar-refractivity contribution is 6.35. The van der Waals surface area contributed by atoms with E-state index in [4.69, 9.17) is 36.7 Å². The topological polar surface area (TPSA) is 184 Å². The van der Waals surface area contributed by atoms with Crippen molar-refractivity contribution in [2.45, 2.75) is 82.5 Å². The van der Waals surface area contributed by atoms with E-state index in [1.165, 1.54) is 25.3 Å². The molecule has 0 radical (unpaired) electrons. The molecule has 284 valence electrons. The average molecular weight is 764 g/mol. The molecule has 0 spiro atoms. The summed E-state index contributed by atoms with van der Waals surface area (Å²) in [6.45, 7) is 3.45. The van der Waals surface area contributed by atoms with Crippen molar-refractivity contribution in [2.24, 2.45) is 0 Å². The SMILES string of the molecule is CCl.COc1cc2cc(c1Cl)N(C)C(=O)CCC1O[C@H]1CC1C[C@](O)(C/C=C/C=C(\C)C2)NC(=O)O1.C[C@@H](C(=O)O)N(C)C(=O)c1ccc(N)cc1. The highest BCUT2D eigenvalue weighted by Crippen LogP contribution is 2.38. The Labute approximate surface area is 314 Å². The highest BCUT2D eigenvalue weighted by atomic mass is 35.5. The van der Waals surface area contributed by atoms with Crippen molar-refractivity contribution in [2.75, 3.05) is 38.2 Å². The number of nitrogen functional groups attached to an aromatic ring is 1. The van der Waals surface area contributed by atoms with Crippen molar-refractivity contribution in [3.63, 3.8) is 0 Å². The Balaban J connectivity index is 0.000000340. The molecule has 3 aliphatic rings. The zero-order chi connectivity index (χ0) is 38.7. The molecule has 2 aromatic carbocycles. The number of carbonyl (C=O) groups is 4. The van der Waals surface area contributed by atoms with Crippen LogP contribution in [0.3, 0.4) is 0 Å². The van der Waals surface area contributed by atoms with E-state index in [1.807, 2.05) is 37.3 Å². The van der Waals surface area contributed by atoms with Gasteiger partial charge in [-0.15, -0.1) is 11.6 Å². The van der Waals surface area contributed by atoms with Crippen LogP contribution in [0.2, 0.25) is 5.02 Å². The van der Waals surface area contributed by atoms with Crippen LogP contribution in [-0.2, 0) is 25.5 Å². The molecule has 13 nitrogen and oxygen atoms in total. The van der Waals surface area contributed by atoms with Crippen LogP contribution in [0.1, 0.15) is 61.9 Å².